The van der Waals surface area contributed by atoms with Crippen LogP contribution in [0.4, 0.5) is 5.69 Å². The first kappa shape index (κ1) is 16.9. The number of hydrogen-bond donors (Lipinski definition) is 1. The van der Waals surface area contributed by atoms with Crippen molar-refractivity contribution >= 4 is 5.69 Å². The first-order chi connectivity index (χ1) is 9.80. The van der Waals surface area contributed by atoms with E-state index < -0.39 is 0 Å². The molecule has 1 N–H and O–H groups in total. The van der Waals surface area contributed by atoms with Crippen LogP contribution in [0.5, 0.6) is 0 Å². The molecule has 0 spiro atoms. The number of hydrogen-bond acceptors (Lipinski definition) is 5. The van der Waals surface area contributed by atoms with Gasteiger partial charge in [0.1, 0.15) is 0 Å². The van der Waals surface area contributed by atoms with Crippen molar-refractivity contribution < 1.29 is 9.47 Å². The van der Waals surface area contributed by atoms with Gasteiger partial charge in [0.25, 0.3) is 0 Å². The van der Waals surface area contributed by atoms with E-state index in [1.807, 2.05) is 33.2 Å². The van der Waals surface area contributed by atoms with Gasteiger partial charge in [-0.1, -0.05) is 0 Å². The smallest absolute Gasteiger partial charge is 0.0593 e. The van der Waals surface area contributed by atoms with Crippen molar-refractivity contribution in [3.05, 3.63) is 24.0 Å². The Bertz CT molecular complexity index is 351. The first-order valence-corrected chi connectivity index (χ1v) is 7.30. The van der Waals surface area contributed by atoms with Gasteiger partial charge < -0.3 is 14.8 Å². The van der Waals surface area contributed by atoms with Gasteiger partial charge in [-0.15, -0.1) is 0 Å². The van der Waals surface area contributed by atoms with Gasteiger partial charge in [-0.2, -0.15) is 0 Å². The van der Waals surface area contributed by atoms with Crippen molar-refractivity contribution in [3.8, 4) is 0 Å². The molecule has 0 aromatic carbocycles. The van der Waals surface area contributed by atoms with E-state index in [-0.39, 0.29) is 0 Å². The summed E-state index contributed by atoms with van der Waals surface area (Å²) >= 11 is 0. The Kier molecular flexibility index (Phi) is 8.95. The summed E-state index contributed by atoms with van der Waals surface area (Å²) < 4.78 is 10.9. The minimum atomic E-state index is 0.744. The molecule has 0 radical (unpaired) electrons. The third-order valence-electron chi connectivity index (χ3n) is 3.00. The van der Waals surface area contributed by atoms with Crippen LogP contribution in [0.3, 0.4) is 0 Å². The van der Waals surface area contributed by atoms with Gasteiger partial charge in [-0.25, -0.2) is 0 Å². The molecule has 20 heavy (non-hydrogen) atoms. The second-order valence-electron chi connectivity index (χ2n) is 4.46. The van der Waals surface area contributed by atoms with Gasteiger partial charge in [0.15, 0.2) is 0 Å². The molecular weight excluding hydrogens is 254 g/mol. The van der Waals surface area contributed by atoms with Crippen LogP contribution in [0.15, 0.2) is 18.3 Å². The van der Waals surface area contributed by atoms with Crippen LogP contribution in [0.1, 0.15) is 19.5 Å². The SMILES string of the molecule is CCOCCN(CCOCC)Cc1cc(NC)ccn1. The minimum absolute atomic E-state index is 0.744. The third kappa shape index (κ3) is 6.84. The fourth-order valence-corrected chi connectivity index (χ4v) is 1.90. The van der Waals surface area contributed by atoms with E-state index in [1.165, 1.54) is 0 Å². The Hall–Kier alpha value is -1.17. The zero-order valence-corrected chi connectivity index (χ0v) is 12.9. The largest absolute Gasteiger partial charge is 0.388 e. The second-order valence-corrected chi connectivity index (χ2v) is 4.46. The monoisotopic (exact) mass is 281 g/mol. The maximum atomic E-state index is 5.44. The molecule has 1 heterocycles. The lowest BCUT2D eigenvalue weighted by molar-refractivity contribution is 0.0793. The lowest BCUT2D eigenvalue weighted by Crippen LogP contribution is -2.31. The van der Waals surface area contributed by atoms with E-state index in [2.05, 4.69) is 21.3 Å². The Morgan fingerprint density at radius 2 is 1.80 bits per heavy atom. The van der Waals surface area contributed by atoms with Crippen LogP contribution in [-0.4, -0.2) is 56.4 Å². The number of anilines is 1. The molecule has 0 aliphatic heterocycles. The molecule has 0 saturated heterocycles. The zero-order chi connectivity index (χ0) is 14.6. The maximum absolute atomic E-state index is 5.44. The number of nitrogens with one attached hydrogen (secondary N) is 1. The molecule has 1 rings (SSSR count). The molecule has 114 valence electrons. The summed E-state index contributed by atoms with van der Waals surface area (Å²) in [7, 11) is 1.92. The predicted molar refractivity (Wildman–Crippen MR) is 82.0 cm³/mol. The molecule has 0 unspecified atom stereocenters. The van der Waals surface area contributed by atoms with E-state index in [4.69, 9.17) is 9.47 Å². The quantitative estimate of drug-likeness (QED) is 0.629. The van der Waals surface area contributed by atoms with E-state index in [0.717, 1.165) is 57.4 Å². The molecule has 5 heteroatoms. The van der Waals surface area contributed by atoms with Crippen LogP contribution < -0.4 is 5.32 Å². The van der Waals surface area contributed by atoms with Gasteiger partial charge in [0.2, 0.25) is 0 Å². The highest BCUT2D eigenvalue weighted by Gasteiger charge is 2.07. The third-order valence-corrected chi connectivity index (χ3v) is 3.00. The number of ether oxygens (including phenoxy) is 2. The van der Waals surface area contributed by atoms with Crippen molar-refractivity contribution in [2.75, 3.05) is 51.9 Å². The molecule has 1 aromatic rings. The van der Waals surface area contributed by atoms with Gasteiger partial charge in [-0.05, 0) is 26.0 Å². The van der Waals surface area contributed by atoms with Crippen LogP contribution in [0.2, 0.25) is 0 Å². The fraction of sp³-hybridized carbons (Fsp3) is 0.667. The molecule has 5 nitrogen and oxygen atoms in total. The first-order valence-electron chi connectivity index (χ1n) is 7.30. The molecule has 0 saturated carbocycles. The predicted octanol–water partition coefficient (Wildman–Crippen LogP) is 2.00. The average Bonchev–Trinajstić information content (AvgIpc) is 2.47. The lowest BCUT2D eigenvalue weighted by Gasteiger charge is -2.21. The van der Waals surface area contributed by atoms with E-state index in [1.54, 1.807) is 0 Å². The van der Waals surface area contributed by atoms with Crippen LogP contribution in [-0.2, 0) is 16.0 Å². The summed E-state index contributed by atoms with van der Waals surface area (Å²) in [5.74, 6) is 0. The Morgan fingerprint density at radius 1 is 1.15 bits per heavy atom. The minimum Gasteiger partial charge on any atom is -0.388 e. The summed E-state index contributed by atoms with van der Waals surface area (Å²) in [6.45, 7) is 9.64. The number of rotatable bonds is 11. The standard InChI is InChI=1S/C15H27N3O2/c1-4-19-10-8-18(9-11-20-5-2)13-15-12-14(16-3)6-7-17-15/h6-7,12H,4-5,8-11,13H2,1-3H3,(H,16,17). The maximum Gasteiger partial charge on any atom is 0.0593 e. The Morgan fingerprint density at radius 3 is 2.35 bits per heavy atom. The fourth-order valence-electron chi connectivity index (χ4n) is 1.90. The van der Waals surface area contributed by atoms with Crippen LogP contribution >= 0.6 is 0 Å². The second kappa shape index (κ2) is 10.6. The lowest BCUT2D eigenvalue weighted by atomic mass is 10.3. The average molecular weight is 281 g/mol. The Balaban J connectivity index is 2.51. The Labute approximate surface area is 122 Å². The number of pyridine rings is 1. The van der Waals surface area contributed by atoms with Crippen LogP contribution in [0, 0.1) is 0 Å². The van der Waals surface area contributed by atoms with Crippen LogP contribution in [0.25, 0.3) is 0 Å². The molecule has 1 aromatic heterocycles. The molecule has 0 aliphatic carbocycles. The number of aromatic nitrogens is 1. The van der Waals surface area contributed by atoms with E-state index in [9.17, 15) is 0 Å². The molecule has 0 bridgehead atoms. The highest BCUT2D eigenvalue weighted by atomic mass is 16.5. The van der Waals surface area contributed by atoms with Gasteiger partial charge in [0, 0.05) is 51.8 Å². The molecule has 0 fully saturated rings. The normalized spacial score (nSPS) is 11.0. The highest BCUT2D eigenvalue weighted by Crippen LogP contribution is 2.09. The molecule has 0 aliphatic rings. The van der Waals surface area contributed by atoms with Crippen molar-refractivity contribution in [2.45, 2.75) is 20.4 Å². The summed E-state index contributed by atoms with van der Waals surface area (Å²) in [5.41, 5.74) is 2.15. The molecule has 0 atom stereocenters. The van der Waals surface area contributed by atoms with E-state index in [0.29, 0.717) is 0 Å². The highest BCUT2D eigenvalue weighted by molar-refractivity contribution is 5.42. The summed E-state index contributed by atoms with van der Waals surface area (Å²) in [4.78, 5) is 6.73. The van der Waals surface area contributed by atoms with Crippen molar-refractivity contribution in [1.29, 1.82) is 0 Å². The summed E-state index contributed by atoms with van der Waals surface area (Å²) in [5, 5.41) is 3.14. The van der Waals surface area contributed by atoms with Gasteiger partial charge in [-0.3, -0.25) is 9.88 Å². The molecule has 0 amide bonds. The van der Waals surface area contributed by atoms with Gasteiger partial charge in [0.05, 0.1) is 18.9 Å². The number of nitrogens with zero attached hydrogens (tertiary/aromatic N) is 2. The topological polar surface area (TPSA) is 46.6 Å². The summed E-state index contributed by atoms with van der Waals surface area (Å²) in [6, 6.07) is 4.04. The van der Waals surface area contributed by atoms with Crippen molar-refractivity contribution in [3.63, 3.8) is 0 Å². The molecular formula is C15H27N3O2. The zero-order valence-electron chi connectivity index (χ0n) is 12.9. The van der Waals surface area contributed by atoms with E-state index >= 15 is 0 Å². The van der Waals surface area contributed by atoms with Crippen molar-refractivity contribution in [2.24, 2.45) is 0 Å². The van der Waals surface area contributed by atoms with Gasteiger partial charge >= 0.3 is 0 Å². The summed E-state index contributed by atoms with van der Waals surface area (Å²) in [6.07, 6.45) is 1.84. The van der Waals surface area contributed by atoms with Crippen molar-refractivity contribution in [1.82, 2.24) is 9.88 Å².